The first-order valence-electron chi connectivity index (χ1n) is 5.27. The summed E-state index contributed by atoms with van der Waals surface area (Å²) in [5.74, 6) is -0.802. The zero-order valence-corrected chi connectivity index (χ0v) is 11.1. The molecule has 4 nitrogen and oxygen atoms in total. The lowest BCUT2D eigenvalue weighted by molar-refractivity contribution is -0.128. The van der Waals surface area contributed by atoms with E-state index in [1.165, 1.54) is 4.90 Å². The van der Waals surface area contributed by atoms with Gasteiger partial charge in [0.25, 0.3) is 11.8 Å². The van der Waals surface area contributed by atoms with Crippen LogP contribution in [0, 0.1) is 5.41 Å². The molecule has 1 aliphatic heterocycles. The second kappa shape index (κ2) is 4.79. The molecule has 5 heteroatoms. The Kier molecular flexibility index (Phi) is 3.83. The predicted molar refractivity (Wildman–Crippen MR) is 70.2 cm³/mol. The van der Waals surface area contributed by atoms with Gasteiger partial charge in [-0.25, -0.2) is 0 Å². The summed E-state index contributed by atoms with van der Waals surface area (Å²) in [6, 6.07) is 0. The molecule has 1 fully saturated rings. The molecular weight excluding hydrogens is 236 g/mol. The molecule has 92 valence electrons. The highest BCUT2D eigenvalue weighted by Crippen LogP contribution is 2.20. The Morgan fingerprint density at radius 3 is 2.47 bits per heavy atom. The normalized spacial score (nSPS) is 19.6. The molecule has 1 heterocycles. The standard InChI is InChI=1S/C12H16N2O2S/c1-5-6-14-10(16)8(7-12(2,3)4)9(15)13-11(14)17/h5,7H,1,6H2,2-4H3,(H,13,15,17)/b8-7+. The molecule has 0 aromatic heterocycles. The number of amides is 2. The van der Waals surface area contributed by atoms with Gasteiger partial charge in [-0.3, -0.25) is 19.8 Å². The van der Waals surface area contributed by atoms with E-state index >= 15 is 0 Å². The zero-order chi connectivity index (χ0) is 13.2. The summed E-state index contributed by atoms with van der Waals surface area (Å²) in [5.41, 5.74) is -0.117. The molecule has 0 atom stereocenters. The number of nitrogens with zero attached hydrogens (tertiary/aromatic N) is 1. The highest BCUT2D eigenvalue weighted by atomic mass is 32.1. The topological polar surface area (TPSA) is 49.4 Å². The van der Waals surface area contributed by atoms with Crippen LogP contribution < -0.4 is 5.32 Å². The van der Waals surface area contributed by atoms with Crippen molar-refractivity contribution < 1.29 is 9.59 Å². The third-order valence-corrected chi connectivity index (χ3v) is 2.40. The number of nitrogens with one attached hydrogen (secondary N) is 1. The minimum absolute atomic E-state index is 0.131. The molecule has 0 bridgehead atoms. The van der Waals surface area contributed by atoms with Crippen molar-refractivity contribution in [2.45, 2.75) is 20.8 Å². The van der Waals surface area contributed by atoms with Crippen LogP contribution in [0.15, 0.2) is 24.3 Å². The summed E-state index contributed by atoms with van der Waals surface area (Å²) in [7, 11) is 0. The van der Waals surface area contributed by atoms with Crippen molar-refractivity contribution in [2.75, 3.05) is 6.54 Å². The maximum atomic E-state index is 12.1. The van der Waals surface area contributed by atoms with E-state index in [0.717, 1.165) is 0 Å². The van der Waals surface area contributed by atoms with Crippen LogP contribution in [0.2, 0.25) is 0 Å². The van der Waals surface area contributed by atoms with Crippen molar-refractivity contribution in [2.24, 2.45) is 5.41 Å². The second-order valence-corrected chi connectivity index (χ2v) is 5.27. The molecule has 0 unspecified atom stereocenters. The van der Waals surface area contributed by atoms with E-state index in [9.17, 15) is 9.59 Å². The Morgan fingerprint density at radius 1 is 1.41 bits per heavy atom. The zero-order valence-electron chi connectivity index (χ0n) is 10.2. The minimum Gasteiger partial charge on any atom is -0.298 e. The average molecular weight is 252 g/mol. The van der Waals surface area contributed by atoms with Gasteiger partial charge in [-0.1, -0.05) is 32.9 Å². The Labute approximate surface area is 106 Å². The van der Waals surface area contributed by atoms with Gasteiger partial charge in [0.05, 0.1) is 0 Å². The molecule has 0 spiro atoms. The van der Waals surface area contributed by atoms with Crippen LogP contribution in [0.3, 0.4) is 0 Å². The second-order valence-electron chi connectivity index (χ2n) is 4.89. The van der Waals surface area contributed by atoms with Crippen LogP contribution in [0.1, 0.15) is 20.8 Å². The number of thiocarbonyl (C=S) groups is 1. The summed E-state index contributed by atoms with van der Waals surface area (Å²) in [6.45, 7) is 9.61. The monoisotopic (exact) mass is 252 g/mol. The van der Waals surface area contributed by atoms with Gasteiger partial charge in [-0.2, -0.15) is 0 Å². The number of carbonyl (C=O) groups is 2. The lowest BCUT2D eigenvalue weighted by atomic mass is 9.92. The van der Waals surface area contributed by atoms with Gasteiger partial charge in [-0.15, -0.1) is 6.58 Å². The van der Waals surface area contributed by atoms with Crippen molar-refractivity contribution in [3.63, 3.8) is 0 Å². The molecule has 0 saturated carbocycles. The molecule has 17 heavy (non-hydrogen) atoms. The quantitative estimate of drug-likeness (QED) is 0.350. The highest BCUT2D eigenvalue weighted by Gasteiger charge is 2.33. The number of carbonyl (C=O) groups excluding carboxylic acids is 2. The van der Waals surface area contributed by atoms with E-state index in [4.69, 9.17) is 12.2 Å². The number of allylic oxidation sites excluding steroid dienone is 1. The van der Waals surface area contributed by atoms with E-state index < -0.39 is 5.91 Å². The average Bonchev–Trinajstić information content (AvgIpc) is 2.18. The van der Waals surface area contributed by atoms with Crippen LogP contribution in [0.4, 0.5) is 0 Å². The maximum Gasteiger partial charge on any atom is 0.265 e. The molecule has 0 aromatic rings. The fourth-order valence-corrected chi connectivity index (χ4v) is 1.67. The lowest BCUT2D eigenvalue weighted by Gasteiger charge is -2.29. The van der Waals surface area contributed by atoms with Gasteiger partial charge in [0, 0.05) is 6.54 Å². The SMILES string of the molecule is C=CCN1C(=O)/C(=C/C(C)(C)C)C(=O)NC1=S. The van der Waals surface area contributed by atoms with E-state index in [1.807, 2.05) is 20.8 Å². The molecule has 0 radical (unpaired) electrons. The Balaban J connectivity index is 3.11. The largest absolute Gasteiger partial charge is 0.298 e. The number of rotatable bonds is 2. The van der Waals surface area contributed by atoms with Crippen molar-refractivity contribution in [3.8, 4) is 0 Å². The molecule has 0 aromatic carbocycles. The van der Waals surface area contributed by atoms with Crippen LogP contribution in [0.5, 0.6) is 0 Å². The lowest BCUT2D eigenvalue weighted by Crippen LogP contribution is -2.54. The fourth-order valence-electron chi connectivity index (χ4n) is 1.42. The van der Waals surface area contributed by atoms with Gasteiger partial charge in [-0.05, 0) is 17.6 Å². The third-order valence-electron chi connectivity index (χ3n) is 2.07. The van der Waals surface area contributed by atoms with E-state index in [1.54, 1.807) is 12.2 Å². The Hall–Kier alpha value is -1.49. The van der Waals surface area contributed by atoms with Crippen LogP contribution in [-0.2, 0) is 9.59 Å². The van der Waals surface area contributed by atoms with Crippen molar-refractivity contribution in [1.29, 1.82) is 0 Å². The number of hydrogen-bond acceptors (Lipinski definition) is 3. The predicted octanol–water partition coefficient (Wildman–Crippen LogP) is 1.39. The van der Waals surface area contributed by atoms with Crippen molar-refractivity contribution in [1.82, 2.24) is 10.2 Å². The van der Waals surface area contributed by atoms with E-state index in [0.29, 0.717) is 6.54 Å². The summed E-state index contributed by atoms with van der Waals surface area (Å²) in [5, 5.41) is 2.63. The summed E-state index contributed by atoms with van der Waals surface area (Å²) in [6.07, 6.45) is 3.22. The first kappa shape index (κ1) is 13.6. The molecular formula is C12H16N2O2S. The highest BCUT2D eigenvalue weighted by molar-refractivity contribution is 7.80. The summed E-state index contributed by atoms with van der Waals surface area (Å²) < 4.78 is 0. The molecule has 1 saturated heterocycles. The molecule has 2 amide bonds. The van der Waals surface area contributed by atoms with Crippen LogP contribution in [0.25, 0.3) is 0 Å². The van der Waals surface area contributed by atoms with Gasteiger partial charge >= 0.3 is 0 Å². The first-order chi connectivity index (χ1) is 7.76. The maximum absolute atomic E-state index is 12.1. The Morgan fingerprint density at radius 2 is 2.00 bits per heavy atom. The van der Waals surface area contributed by atoms with Crippen LogP contribution >= 0.6 is 12.2 Å². The Bertz CT molecular complexity index is 419. The first-order valence-corrected chi connectivity index (χ1v) is 5.68. The molecule has 1 rings (SSSR count). The summed E-state index contributed by atoms with van der Waals surface area (Å²) in [4.78, 5) is 25.1. The van der Waals surface area contributed by atoms with E-state index in [-0.39, 0.29) is 22.0 Å². The number of hydrogen-bond donors (Lipinski definition) is 1. The van der Waals surface area contributed by atoms with Crippen molar-refractivity contribution in [3.05, 3.63) is 24.3 Å². The van der Waals surface area contributed by atoms with Gasteiger partial charge in [0.15, 0.2) is 5.11 Å². The smallest absolute Gasteiger partial charge is 0.265 e. The van der Waals surface area contributed by atoms with Crippen molar-refractivity contribution >= 4 is 29.1 Å². The minimum atomic E-state index is -0.435. The van der Waals surface area contributed by atoms with E-state index in [2.05, 4.69) is 11.9 Å². The third kappa shape index (κ3) is 3.23. The molecule has 1 aliphatic rings. The summed E-state index contributed by atoms with van der Waals surface area (Å²) >= 11 is 4.94. The molecule has 0 aliphatic carbocycles. The van der Waals surface area contributed by atoms with Crippen LogP contribution in [-0.4, -0.2) is 28.4 Å². The molecule has 1 N–H and O–H groups in total. The van der Waals surface area contributed by atoms with Gasteiger partial charge in [0.2, 0.25) is 0 Å². The van der Waals surface area contributed by atoms with Gasteiger partial charge < -0.3 is 0 Å². The van der Waals surface area contributed by atoms with Gasteiger partial charge in [0.1, 0.15) is 5.57 Å². The fraction of sp³-hybridized carbons (Fsp3) is 0.417.